The van der Waals surface area contributed by atoms with Crippen molar-refractivity contribution >= 4 is 34.9 Å². The van der Waals surface area contributed by atoms with Gasteiger partial charge in [0.25, 0.3) is 5.78 Å². The second-order valence-corrected chi connectivity index (χ2v) is 6.81. The molecule has 23 heavy (non-hydrogen) atoms. The van der Waals surface area contributed by atoms with Gasteiger partial charge in [-0.05, 0) is 30.5 Å². The fraction of sp³-hybridized carbons (Fsp3) is 0.250. The lowest BCUT2D eigenvalue weighted by Crippen LogP contribution is -2.14. The van der Waals surface area contributed by atoms with E-state index in [1.165, 1.54) is 11.8 Å². The van der Waals surface area contributed by atoms with E-state index in [0.717, 1.165) is 34.9 Å². The van der Waals surface area contributed by atoms with Crippen LogP contribution in [0.1, 0.15) is 34.5 Å². The fourth-order valence-corrected chi connectivity index (χ4v) is 3.63. The number of benzene rings is 1. The average Bonchev–Trinajstić information content (AvgIpc) is 2.93. The van der Waals surface area contributed by atoms with Crippen LogP contribution in [0.15, 0.2) is 35.6 Å². The van der Waals surface area contributed by atoms with E-state index in [4.69, 9.17) is 11.6 Å². The van der Waals surface area contributed by atoms with Crippen LogP contribution in [0.2, 0.25) is 5.02 Å². The highest BCUT2D eigenvalue weighted by Gasteiger charge is 2.20. The van der Waals surface area contributed by atoms with Gasteiger partial charge in [-0.1, -0.05) is 35.5 Å². The molecule has 1 aliphatic carbocycles. The minimum Gasteiger partial charge on any atom is -0.294 e. The third-order valence-corrected chi connectivity index (χ3v) is 4.91. The van der Waals surface area contributed by atoms with E-state index in [1.54, 1.807) is 10.7 Å². The van der Waals surface area contributed by atoms with Gasteiger partial charge in [0.15, 0.2) is 5.78 Å². The van der Waals surface area contributed by atoms with Gasteiger partial charge < -0.3 is 0 Å². The third-order valence-electron chi connectivity index (χ3n) is 3.77. The number of aromatic nitrogens is 4. The van der Waals surface area contributed by atoms with E-state index in [9.17, 15) is 4.79 Å². The lowest BCUT2D eigenvalue weighted by molar-refractivity contribution is 0.0971. The number of thioether (sulfide) groups is 1. The predicted molar refractivity (Wildman–Crippen MR) is 89.1 cm³/mol. The normalized spacial score (nSPS) is 14.2. The first-order chi connectivity index (χ1) is 11.2. The van der Waals surface area contributed by atoms with Crippen molar-refractivity contribution in [3.8, 4) is 0 Å². The molecular formula is C16H13ClN4OS. The number of carbonyl (C=O) groups excluding carboxylic acids is 1. The zero-order valence-corrected chi connectivity index (χ0v) is 13.8. The summed E-state index contributed by atoms with van der Waals surface area (Å²) in [6.07, 6.45) is 4.04. The summed E-state index contributed by atoms with van der Waals surface area (Å²) >= 11 is 7.52. The lowest BCUT2D eigenvalue weighted by Gasteiger charge is -2.12. The summed E-state index contributed by atoms with van der Waals surface area (Å²) in [6, 6.07) is 7.73. The first-order valence-corrected chi connectivity index (χ1v) is 8.72. The van der Waals surface area contributed by atoms with E-state index < -0.39 is 0 Å². The SMILES string of the molecule is O=C1CCCc2nc3nc(SCc4cccc(Cl)c4)nn3cc21. The summed E-state index contributed by atoms with van der Waals surface area (Å²) in [6.45, 7) is 0. The Labute approximate surface area is 142 Å². The Bertz CT molecular complexity index is 908. The number of nitrogens with zero attached hydrogens (tertiary/aromatic N) is 4. The zero-order chi connectivity index (χ0) is 15.8. The van der Waals surface area contributed by atoms with Gasteiger partial charge in [0.2, 0.25) is 5.16 Å². The molecule has 2 heterocycles. The molecule has 2 aromatic heterocycles. The van der Waals surface area contributed by atoms with Crippen LogP contribution in [0.4, 0.5) is 0 Å². The van der Waals surface area contributed by atoms with Crippen molar-refractivity contribution in [3.05, 3.63) is 52.3 Å². The fourth-order valence-electron chi connectivity index (χ4n) is 2.65. The Morgan fingerprint density at radius 2 is 2.17 bits per heavy atom. The van der Waals surface area contributed by atoms with Gasteiger partial charge >= 0.3 is 0 Å². The largest absolute Gasteiger partial charge is 0.294 e. The molecule has 0 amide bonds. The smallest absolute Gasteiger partial charge is 0.253 e. The van der Waals surface area contributed by atoms with Crippen LogP contribution < -0.4 is 0 Å². The van der Waals surface area contributed by atoms with Crippen molar-refractivity contribution in [3.63, 3.8) is 0 Å². The molecule has 0 aliphatic heterocycles. The van der Waals surface area contributed by atoms with Crippen LogP contribution in [0.25, 0.3) is 5.78 Å². The Morgan fingerprint density at radius 1 is 1.26 bits per heavy atom. The highest BCUT2D eigenvalue weighted by molar-refractivity contribution is 7.98. The molecule has 0 N–H and O–H groups in total. The molecule has 0 saturated heterocycles. The number of fused-ring (bicyclic) bond motifs is 2. The standard InChI is InChI=1S/C16H13ClN4OS/c17-11-4-1-3-10(7-11)9-23-16-19-15-18-13-5-2-6-14(22)12(13)8-21(15)20-16/h1,3-4,7-8H,2,5-6,9H2. The number of hydrogen-bond donors (Lipinski definition) is 0. The number of carbonyl (C=O) groups is 1. The molecule has 7 heteroatoms. The van der Waals surface area contributed by atoms with Crippen LogP contribution in [-0.2, 0) is 12.2 Å². The maximum Gasteiger partial charge on any atom is 0.253 e. The minimum atomic E-state index is 0.143. The summed E-state index contributed by atoms with van der Waals surface area (Å²) in [4.78, 5) is 20.9. The van der Waals surface area contributed by atoms with Gasteiger partial charge in [-0.25, -0.2) is 9.50 Å². The summed E-state index contributed by atoms with van der Waals surface area (Å²) in [7, 11) is 0. The summed E-state index contributed by atoms with van der Waals surface area (Å²) in [5.41, 5.74) is 2.64. The first-order valence-electron chi connectivity index (χ1n) is 7.36. The van der Waals surface area contributed by atoms with E-state index in [1.807, 2.05) is 24.3 Å². The number of Topliss-reactive ketones (excluding diaryl/α,β-unsaturated/α-hetero) is 1. The molecule has 0 unspecified atom stereocenters. The summed E-state index contributed by atoms with van der Waals surface area (Å²) in [5, 5.41) is 5.78. The van der Waals surface area contributed by atoms with Gasteiger partial charge in [-0.2, -0.15) is 4.98 Å². The molecule has 0 atom stereocenters. The van der Waals surface area contributed by atoms with Crippen LogP contribution in [0.5, 0.6) is 0 Å². The molecule has 1 aliphatic rings. The molecule has 0 fully saturated rings. The van der Waals surface area contributed by atoms with E-state index in [0.29, 0.717) is 22.9 Å². The lowest BCUT2D eigenvalue weighted by atomic mass is 9.96. The first kappa shape index (κ1) is 14.7. The number of rotatable bonds is 3. The monoisotopic (exact) mass is 344 g/mol. The van der Waals surface area contributed by atoms with Crippen molar-refractivity contribution in [1.82, 2.24) is 19.6 Å². The number of halogens is 1. The molecule has 0 radical (unpaired) electrons. The van der Waals surface area contributed by atoms with Crippen molar-refractivity contribution in [2.75, 3.05) is 0 Å². The van der Waals surface area contributed by atoms with Crippen LogP contribution >= 0.6 is 23.4 Å². The molecular weight excluding hydrogens is 332 g/mol. The quantitative estimate of drug-likeness (QED) is 0.679. The Hall–Kier alpha value is -1.92. The highest BCUT2D eigenvalue weighted by atomic mass is 35.5. The molecule has 0 spiro atoms. The third kappa shape index (κ3) is 2.96. The van der Waals surface area contributed by atoms with Crippen LogP contribution in [0.3, 0.4) is 0 Å². The summed E-state index contributed by atoms with van der Waals surface area (Å²) in [5.74, 6) is 1.42. The second-order valence-electron chi connectivity index (χ2n) is 5.44. The Kier molecular flexibility index (Phi) is 3.79. The van der Waals surface area contributed by atoms with Crippen molar-refractivity contribution in [1.29, 1.82) is 0 Å². The maximum absolute atomic E-state index is 12.0. The van der Waals surface area contributed by atoms with Gasteiger partial charge in [0.1, 0.15) is 0 Å². The van der Waals surface area contributed by atoms with Gasteiger partial charge in [-0.3, -0.25) is 4.79 Å². The van der Waals surface area contributed by atoms with Gasteiger partial charge in [0.05, 0.1) is 11.3 Å². The average molecular weight is 345 g/mol. The summed E-state index contributed by atoms with van der Waals surface area (Å²) < 4.78 is 1.60. The molecule has 1 aromatic carbocycles. The van der Waals surface area contributed by atoms with Crippen LogP contribution in [-0.4, -0.2) is 25.4 Å². The van der Waals surface area contributed by atoms with E-state index in [2.05, 4.69) is 15.1 Å². The maximum atomic E-state index is 12.0. The molecule has 116 valence electrons. The molecule has 0 bridgehead atoms. The van der Waals surface area contributed by atoms with E-state index >= 15 is 0 Å². The molecule has 0 saturated carbocycles. The van der Waals surface area contributed by atoms with Crippen molar-refractivity contribution < 1.29 is 4.79 Å². The number of ketones is 1. The second kappa shape index (κ2) is 5.94. The zero-order valence-electron chi connectivity index (χ0n) is 12.2. The Morgan fingerprint density at radius 3 is 3.04 bits per heavy atom. The highest BCUT2D eigenvalue weighted by Crippen LogP contribution is 2.24. The molecule has 5 nitrogen and oxygen atoms in total. The van der Waals surface area contributed by atoms with Gasteiger partial charge in [0, 0.05) is 23.4 Å². The van der Waals surface area contributed by atoms with Gasteiger partial charge in [-0.15, -0.1) is 5.10 Å². The number of hydrogen-bond acceptors (Lipinski definition) is 5. The Balaban J connectivity index is 1.60. The predicted octanol–water partition coefficient (Wildman–Crippen LogP) is 3.59. The molecule has 4 rings (SSSR count). The molecule has 3 aromatic rings. The topological polar surface area (TPSA) is 60.2 Å². The van der Waals surface area contributed by atoms with Crippen molar-refractivity contribution in [2.24, 2.45) is 0 Å². The minimum absolute atomic E-state index is 0.143. The van der Waals surface area contributed by atoms with E-state index in [-0.39, 0.29) is 5.78 Å². The van der Waals surface area contributed by atoms with Crippen LogP contribution in [0, 0.1) is 0 Å². The van der Waals surface area contributed by atoms with Crippen molar-refractivity contribution in [2.45, 2.75) is 30.2 Å². The number of aryl methyl sites for hydroxylation is 1.